The van der Waals surface area contributed by atoms with E-state index in [1.807, 2.05) is 24.3 Å². The van der Waals surface area contributed by atoms with E-state index >= 15 is 0 Å². The number of benzene rings is 2. The lowest BCUT2D eigenvalue weighted by molar-refractivity contribution is -0.140. The highest BCUT2D eigenvalue weighted by Crippen LogP contribution is 2.44. The molecule has 8 heteroatoms. The van der Waals surface area contributed by atoms with Gasteiger partial charge in [0.05, 0.1) is 18.9 Å². The molecule has 2 N–H and O–H groups in total. The van der Waals surface area contributed by atoms with Crippen molar-refractivity contribution in [3.05, 3.63) is 59.7 Å². The Morgan fingerprint density at radius 3 is 2.35 bits per heavy atom. The summed E-state index contributed by atoms with van der Waals surface area (Å²) in [7, 11) is 1.48. The number of alkyl carbamates (subject to hydrolysis) is 1. The summed E-state index contributed by atoms with van der Waals surface area (Å²) in [4.78, 5) is 37.8. The zero-order valence-corrected chi connectivity index (χ0v) is 19.2. The fraction of sp³-hybridized carbons (Fsp3) is 0.423. The molecule has 1 aliphatic heterocycles. The number of nitrogens with one attached hydrogen (secondary N) is 1. The molecule has 4 rings (SSSR count). The van der Waals surface area contributed by atoms with E-state index in [0.717, 1.165) is 28.7 Å². The molecule has 0 bridgehead atoms. The van der Waals surface area contributed by atoms with Crippen molar-refractivity contribution in [3.8, 4) is 11.1 Å². The summed E-state index contributed by atoms with van der Waals surface area (Å²) in [5.74, 6) is -1.10. The largest absolute Gasteiger partial charge is 0.481 e. The van der Waals surface area contributed by atoms with E-state index < -0.39 is 18.2 Å². The molecule has 8 nitrogen and oxygen atoms in total. The predicted molar refractivity (Wildman–Crippen MR) is 125 cm³/mol. The smallest absolute Gasteiger partial charge is 0.407 e. The Bertz CT molecular complexity index is 1010. The van der Waals surface area contributed by atoms with Crippen molar-refractivity contribution in [2.75, 3.05) is 26.8 Å². The molecule has 2 atom stereocenters. The number of methoxy groups -OCH3 is 1. The highest BCUT2D eigenvalue weighted by atomic mass is 16.5. The zero-order valence-electron chi connectivity index (χ0n) is 19.2. The van der Waals surface area contributed by atoms with Crippen LogP contribution in [-0.4, -0.2) is 66.9 Å². The number of carbonyl (C=O) groups is 3. The van der Waals surface area contributed by atoms with Gasteiger partial charge in [-0.1, -0.05) is 48.5 Å². The summed E-state index contributed by atoms with van der Waals surface area (Å²) in [6.45, 7) is 0.879. The summed E-state index contributed by atoms with van der Waals surface area (Å²) < 4.78 is 10.9. The van der Waals surface area contributed by atoms with Crippen molar-refractivity contribution in [1.82, 2.24) is 10.2 Å². The minimum atomic E-state index is -0.912. The lowest BCUT2D eigenvalue weighted by Crippen LogP contribution is -2.41. The number of hydrogen-bond donors (Lipinski definition) is 2. The fourth-order valence-corrected chi connectivity index (χ4v) is 4.98. The number of aliphatic carboxylic acids is 1. The molecule has 0 saturated carbocycles. The molecular formula is C26H30N2O6. The Hall–Kier alpha value is -3.39. The molecule has 2 aromatic rings. The van der Waals surface area contributed by atoms with Gasteiger partial charge in [-0.2, -0.15) is 0 Å². The van der Waals surface area contributed by atoms with Crippen LogP contribution >= 0.6 is 0 Å². The second-order valence-corrected chi connectivity index (χ2v) is 8.75. The van der Waals surface area contributed by atoms with E-state index in [2.05, 4.69) is 29.6 Å². The van der Waals surface area contributed by atoms with Crippen molar-refractivity contribution in [1.29, 1.82) is 0 Å². The van der Waals surface area contributed by atoms with Crippen LogP contribution in [0.5, 0.6) is 0 Å². The van der Waals surface area contributed by atoms with Gasteiger partial charge in [-0.25, -0.2) is 4.79 Å². The van der Waals surface area contributed by atoms with Gasteiger partial charge in [0.15, 0.2) is 0 Å². The molecule has 0 radical (unpaired) electrons. The molecule has 180 valence electrons. The topological polar surface area (TPSA) is 105 Å². The van der Waals surface area contributed by atoms with Crippen LogP contribution in [0.15, 0.2) is 48.5 Å². The van der Waals surface area contributed by atoms with Crippen molar-refractivity contribution in [2.24, 2.45) is 0 Å². The Kier molecular flexibility index (Phi) is 7.47. The number of carbonyl (C=O) groups excluding carboxylic acids is 2. The summed E-state index contributed by atoms with van der Waals surface area (Å²) in [5, 5.41) is 11.8. The summed E-state index contributed by atoms with van der Waals surface area (Å²) >= 11 is 0. The van der Waals surface area contributed by atoms with Gasteiger partial charge in [0.2, 0.25) is 5.91 Å². The Balaban J connectivity index is 1.28. The van der Waals surface area contributed by atoms with Gasteiger partial charge in [-0.3, -0.25) is 9.59 Å². The van der Waals surface area contributed by atoms with Gasteiger partial charge in [0.25, 0.3) is 0 Å². The van der Waals surface area contributed by atoms with Crippen LogP contribution in [0.4, 0.5) is 4.79 Å². The molecular weight excluding hydrogens is 436 g/mol. The quantitative estimate of drug-likeness (QED) is 0.587. The van der Waals surface area contributed by atoms with E-state index in [0.29, 0.717) is 13.0 Å². The third kappa shape index (κ3) is 5.22. The normalized spacial score (nSPS) is 17.7. The van der Waals surface area contributed by atoms with E-state index in [1.165, 1.54) is 7.11 Å². The zero-order chi connectivity index (χ0) is 24.1. The Morgan fingerprint density at radius 1 is 1.09 bits per heavy atom. The van der Waals surface area contributed by atoms with E-state index in [1.54, 1.807) is 4.90 Å². The summed E-state index contributed by atoms with van der Waals surface area (Å²) in [6.07, 6.45) is 0.394. The number of ether oxygens (including phenoxy) is 2. The average Bonchev–Trinajstić information content (AvgIpc) is 3.42. The molecule has 1 aliphatic carbocycles. The van der Waals surface area contributed by atoms with Gasteiger partial charge in [0.1, 0.15) is 6.61 Å². The first-order valence-corrected chi connectivity index (χ1v) is 11.6. The average molecular weight is 467 g/mol. The molecule has 2 aliphatic rings. The molecule has 1 saturated heterocycles. The molecule has 1 unspecified atom stereocenters. The molecule has 0 spiro atoms. The van der Waals surface area contributed by atoms with Crippen LogP contribution in [0, 0.1) is 0 Å². The van der Waals surface area contributed by atoms with Crippen molar-refractivity contribution in [3.63, 3.8) is 0 Å². The number of likely N-dealkylation sites (tertiary alicyclic amines) is 1. The first kappa shape index (κ1) is 23.8. The predicted octanol–water partition coefficient (Wildman–Crippen LogP) is 3.40. The highest BCUT2D eigenvalue weighted by Gasteiger charge is 2.32. The summed E-state index contributed by atoms with van der Waals surface area (Å²) in [6, 6.07) is 16.0. The third-order valence-corrected chi connectivity index (χ3v) is 6.66. The number of fused-ring (bicyclic) bond motifs is 3. The second-order valence-electron chi connectivity index (χ2n) is 8.75. The minimum absolute atomic E-state index is 0.0284. The standard InChI is InChI=1S/C26H30N2O6/c1-33-18(14-24(29)28-12-6-7-17(28)13-25(30)31)15-27-26(32)34-16-23-21-10-4-2-8-19(21)20-9-3-5-11-22(20)23/h2-5,8-11,17-18,23H,6-7,12-16H2,1H3,(H,27,32)(H,30,31)/t17-,18?/m1/s1. The van der Waals surface area contributed by atoms with Gasteiger partial charge < -0.3 is 24.8 Å². The van der Waals surface area contributed by atoms with Gasteiger partial charge in [-0.15, -0.1) is 0 Å². The Labute approximate surface area is 198 Å². The minimum Gasteiger partial charge on any atom is -0.481 e. The molecule has 2 amide bonds. The second kappa shape index (κ2) is 10.7. The Morgan fingerprint density at radius 2 is 1.74 bits per heavy atom. The number of carboxylic acids is 1. The van der Waals surface area contributed by atoms with Crippen LogP contribution in [0.2, 0.25) is 0 Å². The lowest BCUT2D eigenvalue weighted by atomic mass is 9.98. The number of nitrogens with zero attached hydrogens (tertiary/aromatic N) is 1. The van der Waals surface area contributed by atoms with Crippen LogP contribution in [-0.2, 0) is 19.1 Å². The van der Waals surface area contributed by atoms with Crippen LogP contribution in [0.3, 0.4) is 0 Å². The molecule has 0 aromatic heterocycles. The van der Waals surface area contributed by atoms with Crippen LogP contribution in [0.25, 0.3) is 11.1 Å². The molecule has 1 heterocycles. The van der Waals surface area contributed by atoms with E-state index in [4.69, 9.17) is 14.6 Å². The SMILES string of the molecule is COC(CNC(=O)OCC1c2ccccc2-c2ccccc21)CC(=O)N1CCC[C@@H]1CC(=O)O. The number of amides is 2. The van der Waals surface area contributed by atoms with E-state index in [9.17, 15) is 14.4 Å². The monoisotopic (exact) mass is 466 g/mol. The maximum absolute atomic E-state index is 12.7. The number of hydrogen-bond acceptors (Lipinski definition) is 5. The summed E-state index contributed by atoms with van der Waals surface area (Å²) in [5.41, 5.74) is 4.60. The maximum Gasteiger partial charge on any atom is 0.407 e. The third-order valence-electron chi connectivity index (χ3n) is 6.66. The molecule has 34 heavy (non-hydrogen) atoms. The number of carboxylic acid groups (broad SMARTS) is 1. The maximum atomic E-state index is 12.7. The van der Waals surface area contributed by atoms with Crippen LogP contribution < -0.4 is 5.32 Å². The van der Waals surface area contributed by atoms with Gasteiger partial charge in [0, 0.05) is 32.2 Å². The van der Waals surface area contributed by atoms with Gasteiger partial charge in [-0.05, 0) is 35.1 Å². The van der Waals surface area contributed by atoms with Crippen molar-refractivity contribution < 1.29 is 29.0 Å². The van der Waals surface area contributed by atoms with Crippen molar-refractivity contribution >= 4 is 18.0 Å². The van der Waals surface area contributed by atoms with Crippen LogP contribution in [0.1, 0.15) is 42.7 Å². The first-order valence-electron chi connectivity index (χ1n) is 11.6. The van der Waals surface area contributed by atoms with Gasteiger partial charge >= 0.3 is 12.1 Å². The first-order chi connectivity index (χ1) is 16.5. The highest BCUT2D eigenvalue weighted by molar-refractivity contribution is 5.80. The number of rotatable bonds is 9. The lowest BCUT2D eigenvalue weighted by Gasteiger charge is -2.25. The van der Waals surface area contributed by atoms with E-state index in [-0.39, 0.29) is 43.9 Å². The molecule has 1 fully saturated rings. The molecule has 2 aromatic carbocycles. The fourth-order valence-electron chi connectivity index (χ4n) is 4.98. The van der Waals surface area contributed by atoms with Crippen molar-refractivity contribution in [2.45, 2.75) is 43.7 Å².